The van der Waals surface area contributed by atoms with Gasteiger partial charge in [0.1, 0.15) is 11.6 Å². The van der Waals surface area contributed by atoms with Gasteiger partial charge in [0.05, 0.1) is 11.0 Å². The number of aromatic nitrogens is 2. The number of hydrogen-bond acceptors (Lipinski definition) is 1. The van der Waals surface area contributed by atoms with Crippen LogP contribution in [0.5, 0.6) is 0 Å². The lowest BCUT2D eigenvalue weighted by Crippen LogP contribution is -2.02. The SMILES string of the molecule is Fc1ccc(Cn2c(/C=C/c3c(Cl)cccc3Cl)nc3ccccc32)cc1. The van der Waals surface area contributed by atoms with Crippen molar-refractivity contribution in [2.24, 2.45) is 0 Å². The molecular weight excluding hydrogens is 382 g/mol. The standard InChI is InChI=1S/C22H15Cl2FN2/c23-18-4-3-5-19(24)17(18)12-13-22-26-20-6-1-2-7-21(20)27(22)14-15-8-10-16(25)11-9-15/h1-13H,14H2/b13-12+. The predicted octanol–water partition coefficient (Wildman–Crippen LogP) is 6.70. The van der Waals surface area contributed by atoms with Gasteiger partial charge in [-0.2, -0.15) is 0 Å². The molecule has 2 nitrogen and oxygen atoms in total. The molecule has 5 heteroatoms. The number of rotatable bonds is 4. The number of para-hydroxylation sites is 2. The number of benzene rings is 3. The van der Waals surface area contributed by atoms with Gasteiger partial charge in [0.2, 0.25) is 0 Å². The second-order valence-electron chi connectivity index (χ2n) is 6.14. The smallest absolute Gasteiger partial charge is 0.134 e. The van der Waals surface area contributed by atoms with Crippen LogP contribution in [0.1, 0.15) is 17.0 Å². The van der Waals surface area contributed by atoms with Gasteiger partial charge in [0.15, 0.2) is 0 Å². The fourth-order valence-corrected chi connectivity index (χ4v) is 3.51. The van der Waals surface area contributed by atoms with Crippen LogP contribution in [0.15, 0.2) is 66.7 Å². The maximum atomic E-state index is 13.2. The first-order valence-electron chi connectivity index (χ1n) is 8.43. The molecule has 0 atom stereocenters. The molecule has 3 aromatic carbocycles. The summed E-state index contributed by atoms with van der Waals surface area (Å²) in [5, 5.41) is 1.17. The second kappa shape index (κ2) is 7.55. The Morgan fingerprint density at radius 1 is 0.852 bits per heavy atom. The first-order valence-corrected chi connectivity index (χ1v) is 9.19. The molecule has 0 saturated heterocycles. The van der Waals surface area contributed by atoms with Crippen molar-refractivity contribution in [2.45, 2.75) is 6.54 Å². The Hall–Kier alpha value is -2.62. The molecule has 0 radical (unpaired) electrons. The Morgan fingerprint density at radius 2 is 1.56 bits per heavy atom. The quantitative estimate of drug-likeness (QED) is 0.375. The van der Waals surface area contributed by atoms with Crippen LogP contribution in [-0.4, -0.2) is 9.55 Å². The molecule has 0 bridgehead atoms. The minimum absolute atomic E-state index is 0.247. The van der Waals surface area contributed by atoms with E-state index in [0.29, 0.717) is 16.6 Å². The summed E-state index contributed by atoms with van der Waals surface area (Å²) < 4.78 is 15.3. The Bertz CT molecular complexity index is 1110. The molecule has 0 aliphatic heterocycles. The van der Waals surface area contributed by atoms with E-state index in [1.54, 1.807) is 24.3 Å². The van der Waals surface area contributed by atoms with Crippen molar-refractivity contribution >= 4 is 46.4 Å². The molecule has 1 aromatic heterocycles. The van der Waals surface area contributed by atoms with Gasteiger partial charge in [-0.1, -0.05) is 53.5 Å². The lowest BCUT2D eigenvalue weighted by atomic mass is 10.2. The number of hydrogen-bond donors (Lipinski definition) is 0. The van der Waals surface area contributed by atoms with Crippen LogP contribution in [0, 0.1) is 5.82 Å². The lowest BCUT2D eigenvalue weighted by molar-refractivity contribution is 0.626. The predicted molar refractivity (Wildman–Crippen MR) is 111 cm³/mol. The van der Waals surface area contributed by atoms with Crippen molar-refractivity contribution in [3.63, 3.8) is 0 Å². The van der Waals surface area contributed by atoms with Gasteiger partial charge >= 0.3 is 0 Å². The highest BCUT2D eigenvalue weighted by molar-refractivity contribution is 6.37. The van der Waals surface area contributed by atoms with Crippen LogP contribution in [0.25, 0.3) is 23.2 Å². The van der Waals surface area contributed by atoms with Crippen LogP contribution >= 0.6 is 23.2 Å². The number of halogens is 3. The monoisotopic (exact) mass is 396 g/mol. The zero-order valence-corrected chi connectivity index (χ0v) is 15.8. The Kier molecular flexibility index (Phi) is 4.97. The van der Waals surface area contributed by atoms with E-state index >= 15 is 0 Å². The van der Waals surface area contributed by atoms with E-state index in [-0.39, 0.29) is 5.82 Å². The number of nitrogens with zero attached hydrogens (tertiary/aromatic N) is 2. The first-order chi connectivity index (χ1) is 13.1. The Morgan fingerprint density at radius 3 is 2.30 bits per heavy atom. The first kappa shape index (κ1) is 17.8. The van der Waals surface area contributed by atoms with E-state index in [9.17, 15) is 4.39 Å². The molecule has 4 aromatic rings. The molecule has 1 heterocycles. The van der Waals surface area contributed by atoms with E-state index in [1.165, 1.54) is 12.1 Å². The summed E-state index contributed by atoms with van der Waals surface area (Å²) in [4.78, 5) is 4.72. The van der Waals surface area contributed by atoms with E-state index in [1.807, 2.05) is 42.5 Å². The highest BCUT2D eigenvalue weighted by atomic mass is 35.5. The van der Waals surface area contributed by atoms with Crippen LogP contribution in [0.3, 0.4) is 0 Å². The van der Waals surface area contributed by atoms with Gasteiger partial charge in [-0.25, -0.2) is 9.37 Å². The Labute approximate surface area is 166 Å². The summed E-state index contributed by atoms with van der Waals surface area (Å²) in [6.45, 7) is 0.580. The van der Waals surface area contributed by atoms with Gasteiger partial charge < -0.3 is 4.57 Å². The van der Waals surface area contributed by atoms with Crippen LogP contribution in [0.4, 0.5) is 4.39 Å². The highest BCUT2D eigenvalue weighted by Gasteiger charge is 2.10. The minimum atomic E-state index is -0.247. The average Bonchev–Trinajstić information content (AvgIpc) is 3.01. The van der Waals surface area contributed by atoms with E-state index < -0.39 is 0 Å². The molecule has 0 aliphatic rings. The van der Waals surface area contributed by atoms with Crippen LogP contribution in [0.2, 0.25) is 10.0 Å². The Balaban J connectivity index is 1.78. The third kappa shape index (κ3) is 3.75. The molecule has 0 saturated carbocycles. The normalized spacial score (nSPS) is 11.5. The zero-order valence-electron chi connectivity index (χ0n) is 14.2. The van der Waals surface area contributed by atoms with Crippen molar-refractivity contribution < 1.29 is 4.39 Å². The van der Waals surface area contributed by atoms with Crippen molar-refractivity contribution in [1.29, 1.82) is 0 Å². The van der Waals surface area contributed by atoms with E-state index in [0.717, 1.165) is 28.0 Å². The van der Waals surface area contributed by atoms with Gasteiger partial charge in [-0.05, 0) is 54.1 Å². The summed E-state index contributed by atoms with van der Waals surface area (Å²) in [6.07, 6.45) is 3.77. The van der Waals surface area contributed by atoms with Gasteiger partial charge in [0.25, 0.3) is 0 Å². The third-order valence-electron chi connectivity index (χ3n) is 4.34. The maximum absolute atomic E-state index is 13.2. The van der Waals surface area contributed by atoms with Crippen LogP contribution in [-0.2, 0) is 6.54 Å². The molecule has 0 N–H and O–H groups in total. The molecule has 27 heavy (non-hydrogen) atoms. The second-order valence-corrected chi connectivity index (χ2v) is 6.95. The van der Waals surface area contributed by atoms with Crippen molar-refractivity contribution in [1.82, 2.24) is 9.55 Å². The molecule has 0 fully saturated rings. The fourth-order valence-electron chi connectivity index (χ4n) is 2.99. The zero-order chi connectivity index (χ0) is 18.8. The summed E-state index contributed by atoms with van der Waals surface area (Å²) in [6, 6.07) is 19.8. The molecule has 0 unspecified atom stereocenters. The molecule has 0 aliphatic carbocycles. The largest absolute Gasteiger partial charge is 0.320 e. The summed E-state index contributed by atoms with van der Waals surface area (Å²) in [5.41, 5.74) is 3.64. The average molecular weight is 397 g/mol. The lowest BCUT2D eigenvalue weighted by Gasteiger charge is -2.08. The topological polar surface area (TPSA) is 17.8 Å². The van der Waals surface area contributed by atoms with Crippen molar-refractivity contribution in [3.05, 3.63) is 99.5 Å². The van der Waals surface area contributed by atoms with Gasteiger partial charge in [-0.3, -0.25) is 0 Å². The van der Waals surface area contributed by atoms with Crippen molar-refractivity contribution in [3.8, 4) is 0 Å². The van der Waals surface area contributed by atoms with E-state index in [2.05, 4.69) is 4.57 Å². The van der Waals surface area contributed by atoms with Gasteiger partial charge in [-0.15, -0.1) is 0 Å². The molecular formula is C22H15Cl2FN2. The summed E-state index contributed by atoms with van der Waals surface area (Å²) in [5.74, 6) is 0.527. The highest BCUT2D eigenvalue weighted by Crippen LogP contribution is 2.27. The fraction of sp³-hybridized carbons (Fsp3) is 0.0455. The van der Waals surface area contributed by atoms with E-state index in [4.69, 9.17) is 28.2 Å². The minimum Gasteiger partial charge on any atom is -0.320 e. The molecule has 134 valence electrons. The maximum Gasteiger partial charge on any atom is 0.134 e. The number of imidazole rings is 1. The summed E-state index contributed by atoms with van der Waals surface area (Å²) in [7, 11) is 0. The van der Waals surface area contributed by atoms with Gasteiger partial charge in [0, 0.05) is 22.2 Å². The third-order valence-corrected chi connectivity index (χ3v) is 5.00. The molecule has 0 spiro atoms. The molecule has 4 rings (SSSR count). The van der Waals surface area contributed by atoms with Crippen LogP contribution < -0.4 is 0 Å². The number of fused-ring (bicyclic) bond motifs is 1. The van der Waals surface area contributed by atoms with Crippen molar-refractivity contribution in [2.75, 3.05) is 0 Å². The summed E-state index contributed by atoms with van der Waals surface area (Å²) >= 11 is 12.5. The molecule has 0 amide bonds.